The number of halogens is 1. The lowest BCUT2D eigenvalue weighted by molar-refractivity contribution is -0.138. The summed E-state index contributed by atoms with van der Waals surface area (Å²) >= 11 is 5.77. The van der Waals surface area contributed by atoms with Crippen molar-refractivity contribution in [1.29, 1.82) is 0 Å². The van der Waals surface area contributed by atoms with Crippen LogP contribution in [0.3, 0.4) is 0 Å². The highest BCUT2D eigenvalue weighted by molar-refractivity contribution is 6.19. The van der Waals surface area contributed by atoms with Crippen LogP contribution in [0.15, 0.2) is 16.5 Å². The molecule has 1 amide bonds. The van der Waals surface area contributed by atoms with Crippen LogP contribution in [-0.4, -0.2) is 23.7 Å². The minimum atomic E-state index is -0.530. The third-order valence-corrected chi connectivity index (χ3v) is 3.12. The first-order valence-electron chi connectivity index (χ1n) is 5.23. The van der Waals surface area contributed by atoms with Gasteiger partial charge in [0.15, 0.2) is 0 Å². The Morgan fingerprint density at radius 2 is 2.12 bits per heavy atom. The summed E-state index contributed by atoms with van der Waals surface area (Å²) in [4.78, 5) is 13.6. The van der Waals surface area contributed by atoms with Gasteiger partial charge in [-0.15, -0.1) is 11.6 Å². The minimum Gasteiger partial charge on any atom is -0.464 e. The topological polar surface area (TPSA) is 33.5 Å². The van der Waals surface area contributed by atoms with E-state index in [4.69, 9.17) is 16.0 Å². The fraction of sp³-hybridized carbons (Fsp3) is 0.583. The zero-order valence-corrected chi connectivity index (χ0v) is 11.0. The van der Waals surface area contributed by atoms with Crippen molar-refractivity contribution in [2.45, 2.75) is 27.3 Å². The van der Waals surface area contributed by atoms with Crippen molar-refractivity contribution in [3.63, 3.8) is 0 Å². The van der Waals surface area contributed by atoms with Gasteiger partial charge in [-0.25, -0.2) is 0 Å². The molecule has 0 atom stereocenters. The smallest absolute Gasteiger partial charge is 0.229 e. The summed E-state index contributed by atoms with van der Waals surface area (Å²) in [7, 11) is 1.76. The molecule has 0 aliphatic rings. The first-order valence-corrected chi connectivity index (χ1v) is 5.77. The highest BCUT2D eigenvalue weighted by atomic mass is 35.5. The van der Waals surface area contributed by atoms with Gasteiger partial charge in [-0.05, 0) is 32.9 Å². The summed E-state index contributed by atoms with van der Waals surface area (Å²) in [6.45, 7) is 6.04. The Kier molecular flexibility index (Phi) is 4.03. The number of rotatable bonds is 4. The van der Waals surface area contributed by atoms with Crippen LogP contribution in [0, 0.1) is 12.3 Å². The zero-order chi connectivity index (χ0) is 12.3. The Balaban J connectivity index is 2.65. The second-order valence-electron chi connectivity index (χ2n) is 4.69. The molecule has 0 radical (unpaired) electrons. The molecule has 0 spiro atoms. The SMILES string of the molecule is Cc1ccc(CN(C)C(=O)C(C)(C)CCl)o1. The molecule has 90 valence electrons. The van der Waals surface area contributed by atoms with Gasteiger partial charge in [-0.2, -0.15) is 0 Å². The second kappa shape index (κ2) is 4.91. The molecule has 16 heavy (non-hydrogen) atoms. The summed E-state index contributed by atoms with van der Waals surface area (Å²) in [6.07, 6.45) is 0. The number of furan rings is 1. The Morgan fingerprint density at radius 3 is 2.56 bits per heavy atom. The van der Waals surface area contributed by atoms with Gasteiger partial charge in [0.1, 0.15) is 11.5 Å². The van der Waals surface area contributed by atoms with Crippen molar-refractivity contribution in [3.8, 4) is 0 Å². The van der Waals surface area contributed by atoms with Gasteiger partial charge in [-0.3, -0.25) is 4.79 Å². The second-order valence-corrected chi connectivity index (χ2v) is 4.96. The predicted molar refractivity (Wildman–Crippen MR) is 64.4 cm³/mol. The molecule has 0 fully saturated rings. The maximum atomic E-state index is 12.0. The van der Waals surface area contributed by atoms with E-state index >= 15 is 0 Å². The monoisotopic (exact) mass is 243 g/mol. The van der Waals surface area contributed by atoms with Crippen LogP contribution in [0.25, 0.3) is 0 Å². The number of amides is 1. The van der Waals surface area contributed by atoms with Crippen LogP contribution in [0.5, 0.6) is 0 Å². The van der Waals surface area contributed by atoms with E-state index in [9.17, 15) is 4.79 Å². The Morgan fingerprint density at radius 1 is 1.50 bits per heavy atom. The van der Waals surface area contributed by atoms with Gasteiger partial charge >= 0.3 is 0 Å². The molecule has 0 N–H and O–H groups in total. The van der Waals surface area contributed by atoms with Crippen LogP contribution >= 0.6 is 11.6 Å². The first-order chi connectivity index (χ1) is 7.36. The van der Waals surface area contributed by atoms with E-state index in [1.54, 1.807) is 11.9 Å². The Hall–Kier alpha value is -0.960. The number of carbonyl (C=O) groups is 1. The molecule has 1 aromatic rings. The third kappa shape index (κ3) is 3.01. The van der Waals surface area contributed by atoms with Crippen LogP contribution in [-0.2, 0) is 11.3 Å². The zero-order valence-electron chi connectivity index (χ0n) is 10.2. The lowest BCUT2D eigenvalue weighted by Gasteiger charge is -2.26. The summed E-state index contributed by atoms with van der Waals surface area (Å²) in [6, 6.07) is 3.77. The number of carbonyl (C=O) groups excluding carboxylic acids is 1. The fourth-order valence-corrected chi connectivity index (χ4v) is 1.56. The van der Waals surface area contributed by atoms with Crippen molar-refractivity contribution in [2.24, 2.45) is 5.41 Å². The van der Waals surface area contributed by atoms with Crippen molar-refractivity contribution in [3.05, 3.63) is 23.7 Å². The molecule has 0 bridgehead atoms. The van der Waals surface area contributed by atoms with Crippen LogP contribution in [0.1, 0.15) is 25.4 Å². The normalized spacial score (nSPS) is 11.6. The molecule has 1 heterocycles. The largest absolute Gasteiger partial charge is 0.464 e. The molecule has 0 aliphatic carbocycles. The van der Waals surface area contributed by atoms with Crippen molar-refractivity contribution >= 4 is 17.5 Å². The number of nitrogens with zero attached hydrogens (tertiary/aromatic N) is 1. The van der Waals surface area contributed by atoms with Crippen molar-refractivity contribution in [1.82, 2.24) is 4.90 Å². The summed E-state index contributed by atoms with van der Waals surface area (Å²) in [5, 5.41) is 0. The molecule has 0 saturated heterocycles. The summed E-state index contributed by atoms with van der Waals surface area (Å²) < 4.78 is 5.42. The maximum absolute atomic E-state index is 12.0. The molecule has 0 aromatic carbocycles. The van der Waals surface area contributed by atoms with E-state index in [0.29, 0.717) is 12.4 Å². The maximum Gasteiger partial charge on any atom is 0.229 e. The molecule has 1 aromatic heterocycles. The van der Waals surface area contributed by atoms with E-state index in [1.165, 1.54) is 0 Å². The minimum absolute atomic E-state index is 0.0246. The van der Waals surface area contributed by atoms with E-state index in [2.05, 4.69) is 0 Å². The molecular formula is C12H18ClNO2. The third-order valence-electron chi connectivity index (χ3n) is 2.45. The van der Waals surface area contributed by atoms with Crippen LogP contribution in [0.2, 0.25) is 0 Å². The Bertz CT molecular complexity index is 371. The highest BCUT2D eigenvalue weighted by Crippen LogP contribution is 2.21. The van der Waals surface area contributed by atoms with Gasteiger partial charge in [0.25, 0.3) is 0 Å². The lowest BCUT2D eigenvalue weighted by Crippen LogP contribution is -2.39. The van der Waals surface area contributed by atoms with Crippen molar-refractivity contribution < 1.29 is 9.21 Å². The van der Waals surface area contributed by atoms with E-state index < -0.39 is 5.41 Å². The summed E-state index contributed by atoms with van der Waals surface area (Å²) in [5.41, 5.74) is -0.530. The number of alkyl halides is 1. The lowest BCUT2D eigenvalue weighted by atomic mass is 9.94. The highest BCUT2D eigenvalue weighted by Gasteiger charge is 2.29. The molecular weight excluding hydrogens is 226 g/mol. The average molecular weight is 244 g/mol. The standard InChI is InChI=1S/C12H18ClNO2/c1-9-5-6-10(16-9)7-14(4)11(15)12(2,3)8-13/h5-6H,7-8H2,1-4H3. The van der Waals surface area contributed by atoms with E-state index in [1.807, 2.05) is 32.9 Å². The quantitative estimate of drug-likeness (QED) is 0.762. The fourth-order valence-electron chi connectivity index (χ4n) is 1.45. The average Bonchev–Trinajstić information content (AvgIpc) is 2.62. The van der Waals surface area contributed by atoms with Crippen molar-refractivity contribution in [2.75, 3.05) is 12.9 Å². The van der Waals surface area contributed by atoms with Crippen LogP contribution in [0.4, 0.5) is 0 Å². The molecule has 0 aliphatic heterocycles. The van der Waals surface area contributed by atoms with Gasteiger partial charge in [0, 0.05) is 12.9 Å². The van der Waals surface area contributed by atoms with Crippen LogP contribution < -0.4 is 0 Å². The van der Waals surface area contributed by atoms with Gasteiger partial charge in [0.2, 0.25) is 5.91 Å². The van der Waals surface area contributed by atoms with Gasteiger partial charge in [-0.1, -0.05) is 0 Å². The Labute approximate surface area is 101 Å². The number of aryl methyl sites for hydroxylation is 1. The summed E-state index contributed by atoms with van der Waals surface area (Å²) in [5.74, 6) is 1.98. The first kappa shape index (κ1) is 13.1. The molecule has 4 heteroatoms. The van der Waals surface area contributed by atoms with Gasteiger partial charge in [0.05, 0.1) is 12.0 Å². The number of hydrogen-bond acceptors (Lipinski definition) is 2. The molecule has 0 unspecified atom stereocenters. The van der Waals surface area contributed by atoms with E-state index in [0.717, 1.165) is 11.5 Å². The van der Waals surface area contributed by atoms with E-state index in [-0.39, 0.29) is 5.91 Å². The van der Waals surface area contributed by atoms with Gasteiger partial charge < -0.3 is 9.32 Å². The molecule has 3 nitrogen and oxygen atoms in total. The predicted octanol–water partition coefficient (Wildman–Crippen LogP) is 2.81. The molecule has 1 rings (SSSR count). The number of hydrogen-bond donors (Lipinski definition) is 0. The molecule has 0 saturated carbocycles.